The lowest BCUT2D eigenvalue weighted by Gasteiger charge is -2.52. The Bertz CT molecular complexity index is 1240. The van der Waals surface area contributed by atoms with Crippen LogP contribution in [0.15, 0.2) is 48.5 Å². The molecule has 0 radical (unpaired) electrons. The van der Waals surface area contributed by atoms with E-state index in [1.54, 1.807) is 43.9 Å². The molecule has 0 bridgehead atoms. The number of amides is 1. The van der Waals surface area contributed by atoms with Crippen molar-refractivity contribution in [3.63, 3.8) is 0 Å². The van der Waals surface area contributed by atoms with Crippen LogP contribution >= 0.6 is 23.2 Å². The molecule has 0 aliphatic carbocycles. The van der Waals surface area contributed by atoms with E-state index in [2.05, 4.69) is 4.72 Å². The number of carbonyl (C=O) groups is 2. The molecule has 1 aliphatic rings. The molecule has 1 amide bonds. The molecule has 1 heterocycles. The third-order valence-electron chi connectivity index (χ3n) is 7.14. The Morgan fingerprint density at radius 3 is 2.32 bits per heavy atom. The van der Waals surface area contributed by atoms with Crippen LogP contribution in [0.4, 0.5) is 0 Å². The molecule has 0 spiro atoms. The summed E-state index contributed by atoms with van der Waals surface area (Å²) in [6, 6.07) is 13.6. The molecule has 7 nitrogen and oxygen atoms in total. The number of benzene rings is 2. The minimum atomic E-state index is -3.58. The van der Waals surface area contributed by atoms with Crippen molar-refractivity contribution in [3.8, 4) is 0 Å². The summed E-state index contributed by atoms with van der Waals surface area (Å²) in [5.74, 6) is -1.68. The van der Waals surface area contributed by atoms with E-state index < -0.39 is 38.7 Å². The van der Waals surface area contributed by atoms with Gasteiger partial charge in [0.05, 0.1) is 23.1 Å². The number of halogens is 2. The molecule has 0 saturated carbocycles. The topological polar surface area (TPSA) is 104 Å². The fourth-order valence-corrected chi connectivity index (χ4v) is 6.18. The fraction of sp³-hybridized carbons (Fsp3) is 0.481. The number of rotatable bonds is 10. The maximum atomic E-state index is 14.2. The van der Waals surface area contributed by atoms with Crippen molar-refractivity contribution >= 4 is 45.1 Å². The lowest BCUT2D eigenvalue weighted by Crippen LogP contribution is -2.58. The molecule has 2 aromatic carbocycles. The minimum Gasteiger partial charge on any atom is -0.481 e. The van der Waals surface area contributed by atoms with Crippen LogP contribution in [0.25, 0.3) is 0 Å². The molecule has 10 heteroatoms. The molecule has 0 unspecified atom stereocenters. The number of sulfonamides is 1. The largest absolute Gasteiger partial charge is 0.481 e. The molecule has 2 aromatic rings. The van der Waals surface area contributed by atoms with E-state index in [1.807, 2.05) is 37.3 Å². The van der Waals surface area contributed by atoms with E-state index in [0.29, 0.717) is 16.5 Å². The molecule has 0 aromatic heterocycles. The number of aliphatic carboxylic acids is 1. The third-order valence-corrected chi connectivity index (χ3v) is 9.43. The van der Waals surface area contributed by atoms with Gasteiger partial charge < -0.3 is 10.0 Å². The monoisotopic (exact) mass is 568 g/mol. The average molecular weight is 570 g/mol. The fourth-order valence-electron chi connectivity index (χ4n) is 5.10. The number of hydrogen-bond donors (Lipinski definition) is 2. The Morgan fingerprint density at radius 1 is 1.14 bits per heavy atom. The molecule has 1 aliphatic heterocycles. The van der Waals surface area contributed by atoms with Gasteiger partial charge in [-0.2, -0.15) is 0 Å². The second-order valence-electron chi connectivity index (χ2n) is 10.2. The second kappa shape index (κ2) is 11.7. The van der Waals surface area contributed by atoms with Gasteiger partial charge in [0.15, 0.2) is 0 Å². The standard InChI is InChI=1S/C27H34Cl2N2O5S/c1-5-22(16-30-37(35,36)17(2)3)31-25(18-9-11-20(28)12-10-18)23(19-7-6-8-21(29)13-19)14-27(4,26(31)34)15-24(32)33/h6-13,17,22-23,25,30H,5,14-16H2,1-4H3,(H,32,33)/t22-,23+,25+,27-/m0/s1. The molecule has 37 heavy (non-hydrogen) atoms. The van der Waals surface area contributed by atoms with Crippen LogP contribution in [0.1, 0.15) is 70.0 Å². The average Bonchev–Trinajstić information content (AvgIpc) is 2.82. The van der Waals surface area contributed by atoms with Gasteiger partial charge in [0, 0.05) is 28.5 Å². The Morgan fingerprint density at radius 2 is 1.78 bits per heavy atom. The number of nitrogens with zero attached hydrogens (tertiary/aromatic N) is 1. The molecule has 1 saturated heterocycles. The molecular weight excluding hydrogens is 535 g/mol. The zero-order chi connectivity index (χ0) is 27.5. The van der Waals surface area contributed by atoms with E-state index in [4.69, 9.17) is 23.2 Å². The predicted molar refractivity (Wildman–Crippen MR) is 146 cm³/mol. The van der Waals surface area contributed by atoms with Crippen molar-refractivity contribution in [3.05, 3.63) is 69.7 Å². The highest BCUT2D eigenvalue weighted by Gasteiger charge is 2.52. The summed E-state index contributed by atoms with van der Waals surface area (Å²) in [7, 11) is -3.58. The first-order valence-electron chi connectivity index (χ1n) is 12.3. The van der Waals surface area contributed by atoms with Crippen LogP contribution in [-0.2, 0) is 19.6 Å². The van der Waals surface area contributed by atoms with E-state index in [0.717, 1.165) is 11.1 Å². The lowest BCUT2D eigenvalue weighted by molar-refractivity contribution is -0.160. The zero-order valence-corrected chi connectivity index (χ0v) is 23.8. The van der Waals surface area contributed by atoms with Gasteiger partial charge in [0.25, 0.3) is 0 Å². The number of carboxylic acids is 1. The number of piperidine rings is 1. The Hall–Kier alpha value is -2.13. The molecule has 202 valence electrons. The number of nitrogens with one attached hydrogen (secondary N) is 1. The highest BCUT2D eigenvalue weighted by molar-refractivity contribution is 7.90. The van der Waals surface area contributed by atoms with Crippen molar-refractivity contribution in [2.24, 2.45) is 5.41 Å². The van der Waals surface area contributed by atoms with Crippen LogP contribution in [0.3, 0.4) is 0 Å². The van der Waals surface area contributed by atoms with Crippen LogP contribution in [0.2, 0.25) is 10.0 Å². The lowest BCUT2D eigenvalue weighted by atomic mass is 9.67. The van der Waals surface area contributed by atoms with Gasteiger partial charge >= 0.3 is 5.97 Å². The maximum absolute atomic E-state index is 14.2. The Kier molecular flexibility index (Phi) is 9.32. The molecule has 2 N–H and O–H groups in total. The number of likely N-dealkylation sites (tertiary alicyclic amines) is 1. The van der Waals surface area contributed by atoms with Gasteiger partial charge in [0.2, 0.25) is 15.9 Å². The smallest absolute Gasteiger partial charge is 0.304 e. The molecule has 1 fully saturated rings. The zero-order valence-electron chi connectivity index (χ0n) is 21.4. The first-order valence-corrected chi connectivity index (χ1v) is 14.6. The van der Waals surface area contributed by atoms with E-state index in [-0.39, 0.29) is 31.2 Å². The second-order valence-corrected chi connectivity index (χ2v) is 13.4. The van der Waals surface area contributed by atoms with Gasteiger partial charge in [0.1, 0.15) is 0 Å². The molecular formula is C27H34Cl2N2O5S. The first kappa shape index (κ1) is 29.4. The highest BCUT2D eigenvalue weighted by atomic mass is 35.5. The van der Waals surface area contributed by atoms with Crippen LogP contribution in [-0.4, -0.2) is 48.1 Å². The van der Waals surface area contributed by atoms with Crippen LogP contribution in [0, 0.1) is 5.41 Å². The summed E-state index contributed by atoms with van der Waals surface area (Å²) in [5, 5.41) is 10.2. The van der Waals surface area contributed by atoms with Crippen molar-refractivity contribution in [1.82, 2.24) is 9.62 Å². The normalized spacial score (nSPS) is 23.3. The SMILES string of the molecule is CC[C@@H](CNS(=O)(=O)C(C)C)N1C(=O)[C@](C)(CC(=O)O)C[C@H](c2cccc(Cl)c2)[C@H]1c1ccc(Cl)cc1. The van der Waals surface area contributed by atoms with Gasteiger partial charge in [-0.25, -0.2) is 13.1 Å². The number of carboxylic acid groups (broad SMARTS) is 1. The minimum absolute atomic E-state index is 0.0122. The van der Waals surface area contributed by atoms with E-state index in [1.165, 1.54) is 0 Å². The van der Waals surface area contributed by atoms with Crippen molar-refractivity contribution in [2.45, 2.75) is 70.2 Å². The Balaban J connectivity index is 2.20. The van der Waals surface area contributed by atoms with Gasteiger partial charge in [-0.15, -0.1) is 0 Å². The van der Waals surface area contributed by atoms with Crippen LogP contribution < -0.4 is 4.72 Å². The van der Waals surface area contributed by atoms with Gasteiger partial charge in [-0.05, 0) is 62.1 Å². The van der Waals surface area contributed by atoms with E-state index >= 15 is 0 Å². The summed E-state index contributed by atoms with van der Waals surface area (Å²) in [5.41, 5.74) is 0.496. The Labute approximate surface area is 229 Å². The predicted octanol–water partition coefficient (Wildman–Crippen LogP) is 5.64. The van der Waals surface area contributed by atoms with Crippen molar-refractivity contribution in [2.75, 3.05) is 6.54 Å². The van der Waals surface area contributed by atoms with Crippen molar-refractivity contribution < 1.29 is 23.1 Å². The highest BCUT2D eigenvalue weighted by Crippen LogP contribution is 2.52. The van der Waals surface area contributed by atoms with Crippen molar-refractivity contribution in [1.29, 1.82) is 0 Å². The van der Waals surface area contributed by atoms with Crippen LogP contribution in [0.5, 0.6) is 0 Å². The molecule has 4 atom stereocenters. The summed E-state index contributed by atoms with van der Waals surface area (Å²) < 4.78 is 27.8. The van der Waals surface area contributed by atoms with E-state index in [9.17, 15) is 23.1 Å². The summed E-state index contributed by atoms with van der Waals surface area (Å²) in [4.78, 5) is 27.8. The maximum Gasteiger partial charge on any atom is 0.304 e. The summed E-state index contributed by atoms with van der Waals surface area (Å²) in [6.07, 6.45) is 0.402. The van der Waals surface area contributed by atoms with Gasteiger partial charge in [-0.3, -0.25) is 9.59 Å². The third kappa shape index (κ3) is 6.66. The first-order chi connectivity index (χ1) is 17.3. The summed E-state index contributed by atoms with van der Waals surface area (Å²) in [6.45, 7) is 6.75. The van der Waals surface area contributed by atoms with Gasteiger partial charge in [-0.1, -0.05) is 61.3 Å². The molecule has 3 rings (SSSR count). The number of carbonyl (C=O) groups excluding carboxylic acids is 1. The quantitative estimate of drug-likeness (QED) is 0.386. The summed E-state index contributed by atoms with van der Waals surface area (Å²) >= 11 is 12.5. The number of hydrogen-bond acceptors (Lipinski definition) is 4.